The lowest BCUT2D eigenvalue weighted by Gasteiger charge is -2.19. The number of pyridine rings is 1. The predicted molar refractivity (Wildman–Crippen MR) is 128 cm³/mol. The molecular weight excluding hydrogens is 447 g/mol. The number of nitrogens with zero attached hydrogens (tertiary/aromatic N) is 3. The van der Waals surface area contributed by atoms with Crippen LogP contribution >= 0.6 is 23.4 Å². The number of anilines is 1. The largest absolute Gasteiger partial charge is 0.324 e. The number of benzene rings is 2. The van der Waals surface area contributed by atoms with Gasteiger partial charge in [-0.1, -0.05) is 48.5 Å². The molecule has 0 bridgehead atoms. The van der Waals surface area contributed by atoms with Gasteiger partial charge in [-0.3, -0.25) is 9.36 Å². The van der Waals surface area contributed by atoms with Gasteiger partial charge >= 0.3 is 0 Å². The molecule has 1 atom stereocenters. The Bertz CT molecular complexity index is 1280. The first-order valence-corrected chi connectivity index (χ1v) is 11.6. The summed E-state index contributed by atoms with van der Waals surface area (Å²) in [6.07, 6.45) is 2.23. The number of carbonyl (C=O) groups excluding carboxylic acids is 1. The Morgan fingerprint density at radius 3 is 2.81 bits per heavy atom. The highest BCUT2D eigenvalue weighted by Gasteiger charge is 2.25. The summed E-state index contributed by atoms with van der Waals surface area (Å²) in [4.78, 5) is 22.4. The normalized spacial score (nSPS) is 12.1. The van der Waals surface area contributed by atoms with Gasteiger partial charge in [0.15, 0.2) is 10.8 Å². The summed E-state index contributed by atoms with van der Waals surface area (Å²) in [6, 6.07) is 15.1. The SMILES string of the molecule is CCC(C(=O)Nc1ccc(C)c(Cl)c1)n1c(SCc2cccc(F)c2)nc2cccnc21. The Morgan fingerprint density at radius 1 is 1.22 bits per heavy atom. The van der Waals surface area contributed by atoms with Crippen molar-refractivity contribution in [2.75, 3.05) is 5.32 Å². The highest BCUT2D eigenvalue weighted by Crippen LogP contribution is 2.31. The van der Waals surface area contributed by atoms with Crippen LogP contribution in [0, 0.1) is 12.7 Å². The van der Waals surface area contributed by atoms with E-state index < -0.39 is 6.04 Å². The lowest BCUT2D eigenvalue weighted by Crippen LogP contribution is -2.26. The number of aryl methyl sites for hydroxylation is 1. The topological polar surface area (TPSA) is 59.8 Å². The molecule has 0 fully saturated rings. The molecule has 2 aromatic heterocycles. The zero-order valence-electron chi connectivity index (χ0n) is 17.7. The molecule has 0 aliphatic rings. The number of carbonyl (C=O) groups is 1. The lowest BCUT2D eigenvalue weighted by molar-refractivity contribution is -0.119. The molecule has 0 saturated carbocycles. The van der Waals surface area contributed by atoms with Gasteiger partial charge in [-0.25, -0.2) is 14.4 Å². The average molecular weight is 469 g/mol. The second kappa shape index (κ2) is 9.71. The van der Waals surface area contributed by atoms with E-state index in [-0.39, 0.29) is 11.7 Å². The molecule has 2 heterocycles. The molecule has 0 radical (unpaired) electrons. The minimum absolute atomic E-state index is 0.176. The highest BCUT2D eigenvalue weighted by molar-refractivity contribution is 7.98. The van der Waals surface area contributed by atoms with E-state index in [1.807, 2.05) is 48.7 Å². The molecule has 4 aromatic rings. The van der Waals surface area contributed by atoms with Crippen LogP contribution < -0.4 is 5.32 Å². The van der Waals surface area contributed by atoms with Crippen LogP contribution in [0.5, 0.6) is 0 Å². The number of imidazole rings is 1. The minimum Gasteiger partial charge on any atom is -0.324 e. The monoisotopic (exact) mass is 468 g/mol. The molecule has 0 saturated heterocycles. The summed E-state index contributed by atoms with van der Waals surface area (Å²) in [7, 11) is 0. The third-order valence-corrected chi connectivity index (χ3v) is 6.54. The summed E-state index contributed by atoms with van der Waals surface area (Å²) in [5.74, 6) is 0.0676. The molecule has 1 unspecified atom stereocenters. The van der Waals surface area contributed by atoms with Crippen LogP contribution in [0.25, 0.3) is 11.2 Å². The number of amides is 1. The molecule has 2 aromatic carbocycles. The van der Waals surface area contributed by atoms with E-state index in [1.165, 1.54) is 23.9 Å². The Kier molecular flexibility index (Phi) is 6.77. The van der Waals surface area contributed by atoms with Crippen LogP contribution in [0.4, 0.5) is 10.1 Å². The third kappa shape index (κ3) is 4.79. The first-order valence-electron chi connectivity index (χ1n) is 10.2. The fraction of sp³-hybridized carbons (Fsp3) is 0.208. The number of hydrogen-bond donors (Lipinski definition) is 1. The Morgan fingerprint density at radius 2 is 2.06 bits per heavy atom. The number of rotatable bonds is 7. The summed E-state index contributed by atoms with van der Waals surface area (Å²) >= 11 is 7.67. The minimum atomic E-state index is -0.523. The smallest absolute Gasteiger partial charge is 0.247 e. The van der Waals surface area contributed by atoms with Gasteiger partial charge in [-0.05, 0) is 60.9 Å². The van der Waals surface area contributed by atoms with Crippen LogP contribution in [0.3, 0.4) is 0 Å². The summed E-state index contributed by atoms with van der Waals surface area (Å²) in [6.45, 7) is 3.86. The van der Waals surface area contributed by atoms with Crippen molar-refractivity contribution in [2.24, 2.45) is 0 Å². The molecule has 1 N–H and O–H groups in total. The Balaban J connectivity index is 1.66. The molecule has 4 rings (SSSR count). The van der Waals surface area contributed by atoms with Gasteiger partial charge in [0.05, 0.1) is 0 Å². The summed E-state index contributed by atoms with van der Waals surface area (Å²) < 4.78 is 15.5. The van der Waals surface area contributed by atoms with Crippen LogP contribution in [0.15, 0.2) is 66.0 Å². The highest BCUT2D eigenvalue weighted by atomic mass is 35.5. The first-order chi connectivity index (χ1) is 15.5. The van der Waals surface area contributed by atoms with Crippen LogP contribution in [-0.2, 0) is 10.5 Å². The zero-order valence-corrected chi connectivity index (χ0v) is 19.3. The maximum absolute atomic E-state index is 13.6. The van der Waals surface area contributed by atoms with Gasteiger partial charge in [-0.15, -0.1) is 0 Å². The molecule has 0 spiro atoms. The van der Waals surface area contributed by atoms with E-state index in [0.29, 0.717) is 39.2 Å². The number of hydrogen-bond acceptors (Lipinski definition) is 4. The van der Waals surface area contributed by atoms with E-state index in [2.05, 4.69) is 10.3 Å². The van der Waals surface area contributed by atoms with Gasteiger partial charge < -0.3 is 5.32 Å². The van der Waals surface area contributed by atoms with Crippen molar-refractivity contribution in [1.29, 1.82) is 0 Å². The van der Waals surface area contributed by atoms with Gasteiger partial charge in [0.2, 0.25) is 5.91 Å². The molecule has 8 heteroatoms. The van der Waals surface area contributed by atoms with E-state index >= 15 is 0 Å². The quantitative estimate of drug-likeness (QED) is 0.318. The predicted octanol–water partition coefficient (Wildman–Crippen LogP) is 6.41. The maximum Gasteiger partial charge on any atom is 0.247 e. The average Bonchev–Trinajstić information content (AvgIpc) is 3.14. The standard InChI is InChI=1S/C24H22ClFN4OS/c1-3-21(23(31)28-18-10-9-15(2)19(25)13-18)30-22-20(8-5-11-27-22)29-24(30)32-14-16-6-4-7-17(26)12-16/h4-13,21H,3,14H2,1-2H3,(H,28,31). The Labute approximate surface area is 195 Å². The van der Waals surface area contributed by atoms with Crippen molar-refractivity contribution in [1.82, 2.24) is 14.5 Å². The third-order valence-electron chi connectivity index (χ3n) is 5.11. The van der Waals surface area contributed by atoms with Crippen LogP contribution in [0.2, 0.25) is 5.02 Å². The van der Waals surface area contributed by atoms with Crippen molar-refractivity contribution in [2.45, 2.75) is 37.2 Å². The molecule has 0 aliphatic heterocycles. The maximum atomic E-state index is 13.6. The molecule has 32 heavy (non-hydrogen) atoms. The fourth-order valence-corrected chi connectivity index (χ4v) is 4.62. The van der Waals surface area contributed by atoms with Crippen molar-refractivity contribution >= 4 is 46.1 Å². The van der Waals surface area contributed by atoms with Gasteiger partial charge in [0.25, 0.3) is 0 Å². The van der Waals surface area contributed by atoms with Crippen LogP contribution in [-0.4, -0.2) is 20.4 Å². The molecule has 5 nitrogen and oxygen atoms in total. The molecule has 1 amide bonds. The van der Waals surface area contributed by atoms with Crippen molar-refractivity contribution in [3.8, 4) is 0 Å². The molecule has 164 valence electrons. The number of fused-ring (bicyclic) bond motifs is 1. The lowest BCUT2D eigenvalue weighted by atomic mass is 10.2. The van der Waals surface area contributed by atoms with Gasteiger partial charge in [0.1, 0.15) is 17.4 Å². The summed E-state index contributed by atoms with van der Waals surface area (Å²) in [5, 5.41) is 4.22. The Hall–Kier alpha value is -2.90. The van der Waals surface area contributed by atoms with E-state index in [0.717, 1.165) is 11.1 Å². The summed E-state index contributed by atoms with van der Waals surface area (Å²) in [5.41, 5.74) is 3.76. The molecule has 0 aliphatic carbocycles. The second-order valence-electron chi connectivity index (χ2n) is 7.41. The number of halogens is 2. The molecular formula is C24H22ClFN4OS. The van der Waals surface area contributed by atoms with E-state index in [4.69, 9.17) is 16.6 Å². The first kappa shape index (κ1) is 22.3. The van der Waals surface area contributed by atoms with Gasteiger partial charge in [-0.2, -0.15) is 0 Å². The fourth-order valence-electron chi connectivity index (χ4n) is 3.45. The zero-order chi connectivity index (χ0) is 22.7. The van der Waals surface area contributed by atoms with E-state index in [9.17, 15) is 9.18 Å². The number of aromatic nitrogens is 3. The van der Waals surface area contributed by atoms with Crippen molar-refractivity contribution in [3.05, 3.63) is 82.8 Å². The van der Waals surface area contributed by atoms with Gasteiger partial charge in [0, 0.05) is 22.7 Å². The van der Waals surface area contributed by atoms with Crippen LogP contribution in [0.1, 0.15) is 30.5 Å². The number of thioether (sulfide) groups is 1. The second-order valence-corrected chi connectivity index (χ2v) is 8.76. The van der Waals surface area contributed by atoms with Crippen molar-refractivity contribution in [3.63, 3.8) is 0 Å². The van der Waals surface area contributed by atoms with Crippen molar-refractivity contribution < 1.29 is 9.18 Å². The van der Waals surface area contributed by atoms with E-state index in [1.54, 1.807) is 18.3 Å². The number of nitrogens with one attached hydrogen (secondary N) is 1.